The molecule has 0 bridgehead atoms. The van der Waals surface area contributed by atoms with Crippen LogP contribution in [0.4, 0.5) is 4.39 Å². The molecule has 8 heteroatoms. The Morgan fingerprint density at radius 2 is 1.97 bits per heavy atom. The molecule has 0 aromatic rings. The van der Waals surface area contributed by atoms with Crippen LogP contribution in [0.25, 0.3) is 0 Å². The summed E-state index contributed by atoms with van der Waals surface area (Å²) in [6.45, 7) is 4.51. The van der Waals surface area contributed by atoms with E-state index in [1.54, 1.807) is 26.8 Å². The number of amides is 1. The first-order valence-corrected chi connectivity index (χ1v) is 10.9. The van der Waals surface area contributed by atoms with Crippen LogP contribution in [0.3, 0.4) is 0 Å². The number of hydrogen-bond acceptors (Lipinski definition) is 5. The smallest absolute Gasteiger partial charge is 0.322 e. The molecule has 4 N–H and O–H groups in total. The Morgan fingerprint density at radius 3 is 2.61 bits per heavy atom. The van der Waals surface area contributed by atoms with Crippen molar-refractivity contribution in [3.63, 3.8) is 0 Å². The summed E-state index contributed by atoms with van der Waals surface area (Å²) in [5.74, 6) is -3.76. The van der Waals surface area contributed by atoms with Crippen LogP contribution in [-0.4, -0.2) is 56.9 Å². The normalized spacial score (nSPS) is 48.3. The second-order valence-corrected chi connectivity index (χ2v) is 10.2. The number of aliphatic hydroxyl groups is 2. The van der Waals surface area contributed by atoms with Gasteiger partial charge in [-0.15, -0.1) is 0 Å². The first-order chi connectivity index (χ1) is 14.3. The van der Waals surface area contributed by atoms with Crippen molar-refractivity contribution in [2.75, 3.05) is 6.54 Å². The number of aliphatic hydroxyl groups excluding tert-OH is 1. The maximum atomic E-state index is 17.0. The minimum absolute atomic E-state index is 0.142. The standard InChI is InChI=1S/C23H30FNO6/c1-12-8-16-15-5-4-13-9-14(26)6-7-20(13,2)22(15,24)17(27)10-21(16,3)23(12,31)19(30)25-11-18(28)29/h6-7,9,12,15-17,27,31H,4-5,8,10-11H2,1-3H3,(H,25,30)(H,28,29)/t12-,15+,16+,17+,20+,21+,22+,23+/m1/s1. The zero-order chi connectivity index (χ0) is 23.0. The summed E-state index contributed by atoms with van der Waals surface area (Å²) >= 11 is 0. The molecule has 0 aromatic carbocycles. The summed E-state index contributed by atoms with van der Waals surface area (Å²) in [5, 5.41) is 34.0. The molecule has 0 radical (unpaired) electrons. The number of aliphatic carboxylic acids is 1. The Morgan fingerprint density at radius 1 is 1.29 bits per heavy atom. The predicted octanol–water partition coefficient (Wildman–Crippen LogP) is 1.54. The van der Waals surface area contributed by atoms with Crippen LogP contribution in [0.1, 0.15) is 46.5 Å². The van der Waals surface area contributed by atoms with E-state index in [2.05, 4.69) is 5.32 Å². The van der Waals surface area contributed by atoms with Gasteiger partial charge in [0.1, 0.15) is 6.54 Å². The summed E-state index contributed by atoms with van der Waals surface area (Å²) < 4.78 is 17.0. The number of carboxylic acid groups (broad SMARTS) is 1. The van der Waals surface area contributed by atoms with Gasteiger partial charge in [-0.3, -0.25) is 14.4 Å². The Balaban J connectivity index is 1.76. The lowest BCUT2D eigenvalue weighted by molar-refractivity contribution is -0.219. The number of allylic oxidation sites excluding steroid dienone is 4. The zero-order valence-electron chi connectivity index (χ0n) is 18.0. The fraction of sp³-hybridized carbons (Fsp3) is 0.696. The van der Waals surface area contributed by atoms with Crippen molar-refractivity contribution in [3.05, 3.63) is 23.8 Å². The lowest BCUT2D eigenvalue weighted by Crippen LogP contribution is -2.70. The summed E-state index contributed by atoms with van der Waals surface area (Å²) in [4.78, 5) is 35.8. The maximum Gasteiger partial charge on any atom is 0.322 e. The molecule has 0 aromatic heterocycles. The highest BCUT2D eigenvalue weighted by molar-refractivity contribution is 6.01. The van der Waals surface area contributed by atoms with Gasteiger partial charge < -0.3 is 20.6 Å². The fourth-order valence-electron chi connectivity index (χ4n) is 7.32. The molecule has 4 aliphatic rings. The van der Waals surface area contributed by atoms with Crippen molar-refractivity contribution in [1.82, 2.24) is 5.32 Å². The van der Waals surface area contributed by atoms with E-state index in [1.165, 1.54) is 12.2 Å². The van der Waals surface area contributed by atoms with Gasteiger partial charge in [0.2, 0.25) is 0 Å². The van der Waals surface area contributed by atoms with Crippen molar-refractivity contribution < 1.29 is 34.1 Å². The van der Waals surface area contributed by atoms with Crippen LogP contribution in [0, 0.1) is 28.6 Å². The fourth-order valence-corrected chi connectivity index (χ4v) is 7.32. The summed E-state index contributed by atoms with van der Waals surface area (Å²) in [6, 6.07) is 0. The molecule has 0 aliphatic heterocycles. The minimum Gasteiger partial charge on any atom is -0.480 e. The van der Waals surface area contributed by atoms with E-state index in [1.807, 2.05) is 0 Å². The molecule has 0 heterocycles. The number of carboxylic acids is 1. The van der Waals surface area contributed by atoms with Crippen molar-refractivity contribution in [3.8, 4) is 0 Å². The van der Waals surface area contributed by atoms with Gasteiger partial charge in [-0.2, -0.15) is 0 Å². The van der Waals surface area contributed by atoms with Crippen molar-refractivity contribution in [2.45, 2.75) is 63.8 Å². The van der Waals surface area contributed by atoms with E-state index < -0.39 is 58.5 Å². The largest absolute Gasteiger partial charge is 0.480 e. The van der Waals surface area contributed by atoms with E-state index in [4.69, 9.17) is 5.11 Å². The second-order valence-electron chi connectivity index (χ2n) is 10.2. The first-order valence-electron chi connectivity index (χ1n) is 10.9. The predicted molar refractivity (Wildman–Crippen MR) is 108 cm³/mol. The van der Waals surface area contributed by atoms with Crippen LogP contribution in [0.15, 0.2) is 23.8 Å². The molecule has 1 amide bonds. The summed E-state index contributed by atoms with van der Waals surface area (Å²) in [5.41, 5.74) is -5.56. The maximum absolute atomic E-state index is 17.0. The van der Waals surface area contributed by atoms with Crippen LogP contribution < -0.4 is 5.32 Å². The van der Waals surface area contributed by atoms with E-state index >= 15 is 4.39 Å². The van der Waals surface area contributed by atoms with Gasteiger partial charge in [0.15, 0.2) is 17.1 Å². The van der Waals surface area contributed by atoms with E-state index in [0.29, 0.717) is 24.8 Å². The molecule has 170 valence electrons. The highest BCUT2D eigenvalue weighted by Crippen LogP contribution is 2.70. The lowest BCUT2D eigenvalue weighted by atomic mass is 9.44. The molecule has 4 aliphatic carbocycles. The van der Waals surface area contributed by atoms with Crippen molar-refractivity contribution in [2.24, 2.45) is 28.6 Å². The van der Waals surface area contributed by atoms with Crippen LogP contribution in [0.5, 0.6) is 0 Å². The number of ketones is 1. The molecule has 8 atom stereocenters. The van der Waals surface area contributed by atoms with E-state index in [9.17, 15) is 24.6 Å². The van der Waals surface area contributed by atoms with E-state index in [-0.39, 0.29) is 18.1 Å². The number of fused-ring (bicyclic) bond motifs is 5. The van der Waals surface area contributed by atoms with E-state index in [0.717, 1.165) is 0 Å². The van der Waals surface area contributed by atoms with Crippen molar-refractivity contribution >= 4 is 17.7 Å². The molecule has 31 heavy (non-hydrogen) atoms. The monoisotopic (exact) mass is 435 g/mol. The third kappa shape index (κ3) is 2.61. The summed E-state index contributed by atoms with van der Waals surface area (Å²) in [7, 11) is 0. The Kier molecular flexibility index (Phi) is 4.80. The Bertz CT molecular complexity index is 916. The van der Waals surface area contributed by atoms with Gasteiger partial charge in [-0.1, -0.05) is 25.5 Å². The molecule has 0 saturated heterocycles. The van der Waals surface area contributed by atoms with Gasteiger partial charge in [-0.25, -0.2) is 4.39 Å². The number of halogens is 1. The number of carbonyl (C=O) groups is 3. The molecule has 7 nitrogen and oxygen atoms in total. The van der Waals surface area contributed by atoms with Gasteiger partial charge >= 0.3 is 5.97 Å². The SMILES string of the molecule is C[C@@H]1C[C@H]2[C@@H]3CCC4=CC(=O)C=C[C@]4(C)[C@@]3(F)[C@@H](O)C[C@]2(C)[C@@]1(O)C(=O)NCC(=O)O. The van der Waals surface area contributed by atoms with Crippen LogP contribution in [0.2, 0.25) is 0 Å². The van der Waals surface area contributed by atoms with Crippen LogP contribution >= 0.6 is 0 Å². The van der Waals surface area contributed by atoms with Gasteiger partial charge in [-0.05, 0) is 56.6 Å². The lowest BCUT2D eigenvalue weighted by Gasteiger charge is -2.62. The first kappa shape index (κ1) is 22.1. The quantitative estimate of drug-likeness (QED) is 0.533. The highest BCUT2D eigenvalue weighted by atomic mass is 19.1. The topological polar surface area (TPSA) is 124 Å². The number of carbonyl (C=O) groups excluding carboxylic acids is 2. The number of hydrogen-bond donors (Lipinski definition) is 4. The second kappa shape index (κ2) is 6.72. The molecule has 3 fully saturated rings. The Hall–Kier alpha value is -2.06. The van der Waals surface area contributed by atoms with Crippen molar-refractivity contribution in [1.29, 1.82) is 0 Å². The highest BCUT2D eigenvalue weighted by Gasteiger charge is 2.75. The number of alkyl halides is 1. The molecular formula is C23H30FNO6. The average Bonchev–Trinajstić information content (AvgIpc) is 2.89. The van der Waals surface area contributed by atoms with Gasteiger partial charge in [0.25, 0.3) is 5.91 Å². The molecule has 0 unspecified atom stereocenters. The van der Waals surface area contributed by atoms with Gasteiger partial charge in [0.05, 0.1) is 6.10 Å². The third-order valence-electron chi connectivity index (χ3n) is 8.97. The zero-order valence-corrected chi connectivity index (χ0v) is 18.0. The molecular weight excluding hydrogens is 405 g/mol. The molecule has 0 spiro atoms. The van der Waals surface area contributed by atoms with Crippen LogP contribution in [-0.2, 0) is 14.4 Å². The Labute approximate surface area is 180 Å². The average molecular weight is 435 g/mol. The molecule has 3 saturated carbocycles. The summed E-state index contributed by atoms with van der Waals surface area (Å²) in [6.07, 6.45) is 4.05. The van der Waals surface area contributed by atoms with Gasteiger partial charge in [0, 0.05) is 16.7 Å². The third-order valence-corrected chi connectivity index (χ3v) is 8.97. The number of nitrogens with one attached hydrogen (secondary N) is 1. The molecule has 4 rings (SSSR count). The minimum atomic E-state index is -2.04. The number of rotatable bonds is 3.